The predicted octanol–water partition coefficient (Wildman–Crippen LogP) is 3.06. The maximum Gasteiger partial charge on any atom is 0.228 e. The fourth-order valence-electron chi connectivity index (χ4n) is 4.34. The highest BCUT2D eigenvalue weighted by atomic mass is 19.1. The first-order valence-corrected chi connectivity index (χ1v) is 10.5. The number of hydrogen-bond acceptors (Lipinski definition) is 8. The van der Waals surface area contributed by atoms with Crippen molar-refractivity contribution in [3.8, 4) is 5.88 Å². The SMILES string of the molecule is COc1nc(N2C[C@@H](C)N[C@@H](C)C2)cc2ncnc(Nc3cc(F)c4nc(C)cn4c3)c12. The van der Waals surface area contributed by atoms with E-state index in [2.05, 4.69) is 44.3 Å². The average molecular weight is 436 g/mol. The summed E-state index contributed by atoms with van der Waals surface area (Å²) in [6, 6.07) is 4.04. The standard InChI is InChI=1S/C22H25FN8O/c1-12-7-30(8-13(2)26-12)18-6-17-19(22(29-18)32-4)20(25-11-24-17)28-15-5-16(23)21-27-14(3)9-31(21)10-15/h5-6,9-13,26H,7-8H2,1-4H3,(H,24,25,28)/t12-,13+. The number of imidazole rings is 1. The molecular formula is C22H25FN8O. The van der Waals surface area contributed by atoms with Gasteiger partial charge in [0.2, 0.25) is 5.88 Å². The van der Waals surface area contributed by atoms with Gasteiger partial charge in [0.25, 0.3) is 0 Å². The molecule has 1 fully saturated rings. The van der Waals surface area contributed by atoms with Crippen LogP contribution in [0.1, 0.15) is 19.5 Å². The van der Waals surface area contributed by atoms with Gasteiger partial charge in [-0.2, -0.15) is 4.98 Å². The molecule has 4 aromatic rings. The van der Waals surface area contributed by atoms with Crippen LogP contribution < -0.4 is 20.3 Å². The van der Waals surface area contributed by atoms with Gasteiger partial charge in [-0.15, -0.1) is 0 Å². The third kappa shape index (κ3) is 3.66. The molecule has 9 nitrogen and oxygen atoms in total. The Morgan fingerprint density at radius 3 is 2.66 bits per heavy atom. The van der Waals surface area contributed by atoms with Gasteiger partial charge < -0.3 is 24.7 Å². The van der Waals surface area contributed by atoms with Crippen LogP contribution in [0.15, 0.2) is 30.9 Å². The Kier molecular flexibility index (Phi) is 5.01. The molecule has 0 aliphatic carbocycles. The van der Waals surface area contributed by atoms with Crippen molar-refractivity contribution in [3.63, 3.8) is 0 Å². The number of nitrogens with one attached hydrogen (secondary N) is 2. The average Bonchev–Trinajstić information content (AvgIpc) is 3.13. The highest BCUT2D eigenvalue weighted by Crippen LogP contribution is 2.33. The van der Waals surface area contributed by atoms with Crippen LogP contribution in [0, 0.1) is 12.7 Å². The zero-order valence-electron chi connectivity index (χ0n) is 18.4. The molecule has 0 aromatic carbocycles. The number of aryl methyl sites for hydroxylation is 1. The molecule has 0 bridgehead atoms. The van der Waals surface area contributed by atoms with E-state index >= 15 is 0 Å². The van der Waals surface area contributed by atoms with Crippen LogP contribution in [-0.2, 0) is 0 Å². The number of halogens is 1. The molecular weight excluding hydrogens is 411 g/mol. The number of anilines is 3. The zero-order valence-corrected chi connectivity index (χ0v) is 18.4. The highest BCUT2D eigenvalue weighted by Gasteiger charge is 2.24. The maximum atomic E-state index is 14.5. The number of methoxy groups -OCH3 is 1. The summed E-state index contributed by atoms with van der Waals surface area (Å²) < 4.78 is 21.8. The van der Waals surface area contributed by atoms with Crippen LogP contribution in [0.5, 0.6) is 5.88 Å². The van der Waals surface area contributed by atoms with Gasteiger partial charge in [-0.05, 0) is 20.8 Å². The molecule has 0 spiro atoms. The van der Waals surface area contributed by atoms with Crippen LogP contribution in [0.3, 0.4) is 0 Å². The summed E-state index contributed by atoms with van der Waals surface area (Å²) in [6.07, 6.45) is 5.02. The summed E-state index contributed by atoms with van der Waals surface area (Å²) in [7, 11) is 1.57. The Labute approximate surface area is 184 Å². The van der Waals surface area contributed by atoms with Crippen LogP contribution in [0.25, 0.3) is 16.6 Å². The Bertz CT molecular complexity index is 1300. The van der Waals surface area contributed by atoms with Gasteiger partial charge >= 0.3 is 0 Å². The fourth-order valence-corrected chi connectivity index (χ4v) is 4.34. The first-order valence-electron chi connectivity index (χ1n) is 10.5. The van der Waals surface area contributed by atoms with E-state index in [0.717, 1.165) is 24.6 Å². The van der Waals surface area contributed by atoms with Gasteiger partial charge in [0, 0.05) is 49.7 Å². The lowest BCUT2D eigenvalue weighted by molar-refractivity contribution is 0.393. The molecule has 0 unspecified atom stereocenters. The Morgan fingerprint density at radius 2 is 1.91 bits per heavy atom. The summed E-state index contributed by atoms with van der Waals surface area (Å²) in [6.45, 7) is 7.81. The van der Waals surface area contributed by atoms with E-state index in [1.54, 1.807) is 23.9 Å². The highest BCUT2D eigenvalue weighted by molar-refractivity contribution is 5.96. The second-order valence-corrected chi connectivity index (χ2v) is 8.29. The monoisotopic (exact) mass is 436 g/mol. The summed E-state index contributed by atoms with van der Waals surface area (Å²) in [5, 5.41) is 7.36. The molecule has 4 aromatic heterocycles. The lowest BCUT2D eigenvalue weighted by atomic mass is 10.1. The third-order valence-electron chi connectivity index (χ3n) is 5.54. The van der Waals surface area contributed by atoms with Crippen molar-refractivity contribution in [1.29, 1.82) is 0 Å². The molecule has 0 amide bonds. The summed E-state index contributed by atoms with van der Waals surface area (Å²) in [4.78, 5) is 20.0. The molecule has 5 heterocycles. The normalized spacial score (nSPS) is 19.0. The van der Waals surface area contributed by atoms with Crippen molar-refractivity contribution in [2.75, 3.05) is 30.4 Å². The summed E-state index contributed by atoms with van der Waals surface area (Å²) in [5.41, 5.74) is 2.25. The van der Waals surface area contributed by atoms with Crippen molar-refractivity contribution >= 4 is 33.9 Å². The summed E-state index contributed by atoms with van der Waals surface area (Å²) >= 11 is 0. The predicted molar refractivity (Wildman–Crippen MR) is 121 cm³/mol. The summed E-state index contributed by atoms with van der Waals surface area (Å²) in [5.74, 6) is 1.29. The molecule has 1 aliphatic heterocycles. The van der Waals surface area contributed by atoms with Crippen LogP contribution in [0.4, 0.5) is 21.7 Å². The quantitative estimate of drug-likeness (QED) is 0.504. The van der Waals surface area contributed by atoms with E-state index in [-0.39, 0.29) is 5.65 Å². The Balaban J connectivity index is 1.56. The second-order valence-electron chi connectivity index (χ2n) is 8.29. The number of rotatable bonds is 4. The van der Waals surface area contributed by atoms with Crippen molar-refractivity contribution < 1.29 is 9.13 Å². The lowest BCUT2D eigenvalue weighted by Gasteiger charge is -2.37. The van der Waals surface area contributed by atoms with Crippen molar-refractivity contribution in [3.05, 3.63) is 42.4 Å². The minimum Gasteiger partial charge on any atom is -0.480 e. The van der Waals surface area contributed by atoms with Gasteiger partial charge in [0.05, 0.1) is 24.0 Å². The van der Waals surface area contributed by atoms with E-state index in [0.29, 0.717) is 40.4 Å². The van der Waals surface area contributed by atoms with Crippen LogP contribution in [-0.4, -0.2) is 56.6 Å². The van der Waals surface area contributed by atoms with Gasteiger partial charge in [-0.1, -0.05) is 0 Å². The molecule has 2 N–H and O–H groups in total. The molecule has 0 radical (unpaired) electrons. The number of ether oxygens (including phenoxy) is 1. The molecule has 0 saturated carbocycles. The topological polar surface area (TPSA) is 92.5 Å². The van der Waals surface area contributed by atoms with E-state index in [9.17, 15) is 4.39 Å². The van der Waals surface area contributed by atoms with Gasteiger partial charge in [-0.3, -0.25) is 0 Å². The molecule has 5 rings (SSSR count). The van der Waals surface area contributed by atoms with Crippen LogP contribution in [0.2, 0.25) is 0 Å². The first-order chi connectivity index (χ1) is 15.4. The minimum absolute atomic E-state index is 0.281. The third-order valence-corrected chi connectivity index (χ3v) is 5.54. The van der Waals surface area contributed by atoms with Crippen molar-refractivity contribution in [2.45, 2.75) is 32.9 Å². The largest absolute Gasteiger partial charge is 0.480 e. The first kappa shape index (κ1) is 20.4. The number of aromatic nitrogens is 5. The van der Waals surface area contributed by atoms with E-state index in [1.165, 1.54) is 12.4 Å². The number of hydrogen-bond donors (Lipinski definition) is 2. The second kappa shape index (κ2) is 7.86. The maximum absolute atomic E-state index is 14.5. The van der Waals surface area contributed by atoms with E-state index < -0.39 is 5.82 Å². The number of nitrogens with zero attached hydrogens (tertiary/aromatic N) is 6. The number of pyridine rings is 2. The molecule has 32 heavy (non-hydrogen) atoms. The van der Waals surface area contributed by atoms with E-state index in [4.69, 9.17) is 9.72 Å². The number of piperazine rings is 1. The Morgan fingerprint density at radius 1 is 1.12 bits per heavy atom. The lowest BCUT2D eigenvalue weighted by Crippen LogP contribution is -2.54. The minimum atomic E-state index is -0.421. The van der Waals surface area contributed by atoms with Gasteiger partial charge in [-0.25, -0.2) is 19.3 Å². The van der Waals surface area contributed by atoms with Gasteiger partial charge in [0.15, 0.2) is 11.5 Å². The number of fused-ring (bicyclic) bond motifs is 2. The smallest absolute Gasteiger partial charge is 0.228 e. The molecule has 2 atom stereocenters. The van der Waals surface area contributed by atoms with Crippen molar-refractivity contribution in [1.82, 2.24) is 29.7 Å². The van der Waals surface area contributed by atoms with Crippen LogP contribution >= 0.6 is 0 Å². The molecule has 166 valence electrons. The fraction of sp³-hybridized carbons (Fsp3) is 0.364. The molecule has 1 aliphatic rings. The Hall–Kier alpha value is -3.53. The van der Waals surface area contributed by atoms with E-state index in [1.807, 2.05) is 13.0 Å². The van der Waals surface area contributed by atoms with Crippen molar-refractivity contribution in [2.24, 2.45) is 0 Å². The molecule has 1 saturated heterocycles. The van der Waals surface area contributed by atoms with Gasteiger partial charge in [0.1, 0.15) is 23.3 Å². The molecule has 10 heteroatoms. The zero-order chi connectivity index (χ0) is 22.4.